The van der Waals surface area contributed by atoms with Gasteiger partial charge < -0.3 is 10.1 Å². The Hall–Kier alpha value is -1.31. The lowest BCUT2D eigenvalue weighted by Crippen LogP contribution is -2.18. The molecule has 2 aromatic rings. The van der Waals surface area contributed by atoms with E-state index in [1.165, 1.54) is 5.01 Å². The fourth-order valence-electron chi connectivity index (χ4n) is 1.80. The highest BCUT2D eigenvalue weighted by atomic mass is 32.1. The third-order valence-corrected chi connectivity index (χ3v) is 3.72. The third-order valence-electron chi connectivity index (χ3n) is 2.76. The molecule has 0 unspecified atom stereocenters. The van der Waals surface area contributed by atoms with Crippen LogP contribution in [0.1, 0.15) is 29.7 Å². The number of thiazole rings is 1. The highest BCUT2D eigenvalue weighted by molar-refractivity contribution is 7.09. The summed E-state index contributed by atoms with van der Waals surface area (Å²) < 4.78 is 6.81. The van der Waals surface area contributed by atoms with Gasteiger partial charge >= 0.3 is 0 Å². The molecule has 110 valence electrons. The summed E-state index contributed by atoms with van der Waals surface area (Å²) in [5.41, 5.74) is 1.99. The van der Waals surface area contributed by atoms with Gasteiger partial charge in [-0.25, -0.2) is 9.67 Å². The predicted octanol–water partition coefficient (Wildman–Crippen LogP) is 1.47. The van der Waals surface area contributed by atoms with Crippen LogP contribution < -0.4 is 5.32 Å². The van der Waals surface area contributed by atoms with Crippen molar-refractivity contribution in [1.82, 2.24) is 25.3 Å². The summed E-state index contributed by atoms with van der Waals surface area (Å²) in [6.45, 7) is 5.08. The Labute approximate surface area is 123 Å². The molecule has 2 heterocycles. The lowest BCUT2D eigenvalue weighted by Gasteiger charge is -1.99. The van der Waals surface area contributed by atoms with Crippen molar-refractivity contribution in [3.63, 3.8) is 0 Å². The van der Waals surface area contributed by atoms with Crippen molar-refractivity contribution >= 4 is 11.3 Å². The monoisotopic (exact) mass is 295 g/mol. The second-order valence-corrected chi connectivity index (χ2v) is 5.50. The van der Waals surface area contributed by atoms with E-state index in [1.807, 2.05) is 10.9 Å². The number of methoxy groups -OCH3 is 1. The molecule has 6 nitrogen and oxygen atoms in total. The van der Waals surface area contributed by atoms with Crippen molar-refractivity contribution in [3.8, 4) is 0 Å². The number of aromatic nitrogens is 4. The van der Waals surface area contributed by atoms with E-state index >= 15 is 0 Å². The maximum atomic E-state index is 4.98. The minimum atomic E-state index is 0.686. The van der Waals surface area contributed by atoms with Gasteiger partial charge in [-0.1, -0.05) is 12.1 Å². The van der Waals surface area contributed by atoms with Crippen LogP contribution in [0.2, 0.25) is 0 Å². The molecule has 0 saturated heterocycles. The van der Waals surface area contributed by atoms with E-state index in [4.69, 9.17) is 4.74 Å². The van der Waals surface area contributed by atoms with Gasteiger partial charge in [0.1, 0.15) is 0 Å². The van der Waals surface area contributed by atoms with Crippen LogP contribution in [0.3, 0.4) is 0 Å². The molecule has 0 radical (unpaired) electrons. The van der Waals surface area contributed by atoms with E-state index in [0.29, 0.717) is 19.7 Å². The van der Waals surface area contributed by atoms with E-state index in [9.17, 15) is 0 Å². The minimum Gasteiger partial charge on any atom is -0.383 e. The molecule has 0 aliphatic carbocycles. The number of hydrogen-bond acceptors (Lipinski definition) is 6. The van der Waals surface area contributed by atoms with E-state index in [1.54, 1.807) is 18.4 Å². The summed E-state index contributed by atoms with van der Waals surface area (Å²) in [6, 6.07) is 0. The number of aryl methyl sites for hydroxylation is 1. The molecular weight excluding hydrogens is 274 g/mol. The van der Waals surface area contributed by atoms with Crippen LogP contribution >= 0.6 is 11.3 Å². The smallest absolute Gasteiger partial charge is 0.0965 e. The highest BCUT2D eigenvalue weighted by Crippen LogP contribution is 2.12. The van der Waals surface area contributed by atoms with Crippen LogP contribution in [-0.4, -0.2) is 40.2 Å². The maximum absolute atomic E-state index is 4.98. The normalized spacial score (nSPS) is 11.1. The first-order chi connectivity index (χ1) is 9.81. The van der Waals surface area contributed by atoms with Crippen molar-refractivity contribution in [2.45, 2.75) is 32.9 Å². The van der Waals surface area contributed by atoms with Gasteiger partial charge in [0.25, 0.3) is 0 Å². The van der Waals surface area contributed by atoms with Gasteiger partial charge in [0, 0.05) is 25.6 Å². The van der Waals surface area contributed by atoms with Gasteiger partial charge in [0.05, 0.1) is 35.7 Å². The summed E-state index contributed by atoms with van der Waals surface area (Å²) in [5.74, 6) is 0. The van der Waals surface area contributed by atoms with Crippen molar-refractivity contribution in [2.24, 2.45) is 0 Å². The van der Waals surface area contributed by atoms with Gasteiger partial charge in [0.15, 0.2) is 0 Å². The van der Waals surface area contributed by atoms with Gasteiger partial charge in [0.2, 0.25) is 0 Å². The summed E-state index contributed by atoms with van der Waals surface area (Å²) >= 11 is 1.72. The van der Waals surface area contributed by atoms with Crippen molar-refractivity contribution < 1.29 is 4.74 Å². The Balaban J connectivity index is 1.82. The van der Waals surface area contributed by atoms with Crippen molar-refractivity contribution in [2.75, 3.05) is 20.3 Å². The average Bonchev–Trinajstić information content (AvgIpc) is 3.06. The Bertz CT molecular complexity index is 510. The summed E-state index contributed by atoms with van der Waals surface area (Å²) in [7, 11) is 1.69. The van der Waals surface area contributed by atoms with E-state index < -0.39 is 0 Å². The number of ether oxygens (including phenoxy) is 1. The zero-order valence-corrected chi connectivity index (χ0v) is 12.8. The number of hydrogen-bond donors (Lipinski definition) is 1. The molecule has 0 atom stereocenters. The first kappa shape index (κ1) is 15.1. The van der Waals surface area contributed by atoms with Gasteiger partial charge in [-0.05, 0) is 12.8 Å². The fraction of sp³-hybridized carbons (Fsp3) is 0.615. The van der Waals surface area contributed by atoms with E-state index in [0.717, 1.165) is 30.8 Å². The van der Waals surface area contributed by atoms with Crippen LogP contribution in [0, 0.1) is 0 Å². The molecule has 0 aliphatic heterocycles. The van der Waals surface area contributed by atoms with Crippen LogP contribution in [0.4, 0.5) is 0 Å². The van der Waals surface area contributed by atoms with Gasteiger partial charge in [-0.15, -0.1) is 16.4 Å². The molecule has 1 N–H and O–H groups in total. The number of nitrogens with one attached hydrogen (secondary N) is 1. The second kappa shape index (κ2) is 8.08. The SMILES string of the molecule is CCCc1nc(Cn2cc(CNCCOC)nn2)cs1. The van der Waals surface area contributed by atoms with E-state index in [-0.39, 0.29) is 0 Å². The molecular formula is C13H21N5OS. The van der Waals surface area contributed by atoms with Crippen molar-refractivity contribution in [1.29, 1.82) is 0 Å². The number of rotatable bonds is 9. The predicted molar refractivity (Wildman–Crippen MR) is 78.8 cm³/mol. The molecule has 0 aromatic carbocycles. The molecule has 20 heavy (non-hydrogen) atoms. The molecule has 7 heteroatoms. The Morgan fingerprint density at radius 2 is 2.30 bits per heavy atom. The zero-order valence-electron chi connectivity index (χ0n) is 12.0. The average molecular weight is 295 g/mol. The minimum absolute atomic E-state index is 0.686. The van der Waals surface area contributed by atoms with E-state index in [2.05, 4.69) is 32.9 Å². The molecule has 2 aromatic heterocycles. The number of nitrogens with zero attached hydrogens (tertiary/aromatic N) is 4. The van der Waals surface area contributed by atoms with Gasteiger partial charge in [-0.2, -0.15) is 0 Å². The van der Waals surface area contributed by atoms with Crippen LogP contribution in [0.5, 0.6) is 0 Å². The van der Waals surface area contributed by atoms with Crippen molar-refractivity contribution in [3.05, 3.63) is 28.0 Å². The molecule has 0 bridgehead atoms. The topological polar surface area (TPSA) is 64.9 Å². The summed E-state index contributed by atoms with van der Waals surface area (Å²) in [6.07, 6.45) is 4.14. The first-order valence-electron chi connectivity index (χ1n) is 6.83. The lowest BCUT2D eigenvalue weighted by atomic mass is 10.3. The Kier molecular flexibility index (Phi) is 6.10. The lowest BCUT2D eigenvalue weighted by molar-refractivity contribution is 0.199. The standard InChI is InChI=1S/C13H21N5OS/c1-3-4-13-15-12(10-20-13)9-18-8-11(16-17-18)7-14-5-6-19-2/h8,10,14H,3-7,9H2,1-2H3. The summed E-state index contributed by atoms with van der Waals surface area (Å²) in [4.78, 5) is 4.59. The first-order valence-corrected chi connectivity index (χ1v) is 7.71. The second-order valence-electron chi connectivity index (χ2n) is 4.56. The zero-order chi connectivity index (χ0) is 14.2. The molecule has 0 spiro atoms. The largest absolute Gasteiger partial charge is 0.383 e. The molecule has 0 amide bonds. The molecule has 0 saturated carbocycles. The fourth-order valence-corrected chi connectivity index (χ4v) is 2.69. The van der Waals surface area contributed by atoms with Crippen LogP contribution in [0.25, 0.3) is 0 Å². The summed E-state index contributed by atoms with van der Waals surface area (Å²) in [5, 5.41) is 14.8. The molecule has 0 fully saturated rings. The molecule has 0 aliphatic rings. The third kappa shape index (κ3) is 4.66. The quantitative estimate of drug-likeness (QED) is 0.710. The van der Waals surface area contributed by atoms with Crippen LogP contribution in [0.15, 0.2) is 11.6 Å². The van der Waals surface area contributed by atoms with Gasteiger partial charge in [-0.3, -0.25) is 0 Å². The van der Waals surface area contributed by atoms with Crippen LogP contribution in [-0.2, 0) is 24.2 Å². The molecule has 2 rings (SSSR count). The Morgan fingerprint density at radius 1 is 1.40 bits per heavy atom. The maximum Gasteiger partial charge on any atom is 0.0965 e. The Morgan fingerprint density at radius 3 is 3.10 bits per heavy atom. The highest BCUT2D eigenvalue weighted by Gasteiger charge is 2.05.